The molecule has 0 aliphatic carbocycles. The Morgan fingerprint density at radius 3 is 2.92 bits per heavy atom. The van der Waals surface area contributed by atoms with Crippen molar-refractivity contribution in [1.29, 1.82) is 0 Å². The molecule has 0 spiro atoms. The molecule has 2 heterocycles. The first kappa shape index (κ1) is 7.93. The maximum Gasteiger partial charge on any atom is 0.374 e. The molecule has 1 aromatic heterocycles. The molecule has 1 aliphatic heterocycles. The van der Waals surface area contributed by atoms with Crippen molar-refractivity contribution in [3.8, 4) is 0 Å². The largest absolute Gasteiger partial charge is 0.475 e. The minimum atomic E-state index is -1.18. The fourth-order valence-electron chi connectivity index (χ4n) is 1.17. The van der Waals surface area contributed by atoms with E-state index >= 15 is 0 Å². The summed E-state index contributed by atoms with van der Waals surface area (Å²) >= 11 is 0. The first-order valence-corrected chi connectivity index (χ1v) is 3.65. The summed E-state index contributed by atoms with van der Waals surface area (Å²) in [7, 11) is 0. The number of aromatic carboxylic acids is 1. The molecule has 0 atom stereocenters. The summed E-state index contributed by atoms with van der Waals surface area (Å²) in [6.45, 7) is 0.670. The Bertz CT molecular complexity index is 377. The molecular weight excluding hydrogens is 174 g/mol. The van der Waals surface area contributed by atoms with Crippen molar-refractivity contribution in [2.24, 2.45) is 0 Å². The zero-order valence-electron chi connectivity index (χ0n) is 6.65. The van der Waals surface area contributed by atoms with Crippen LogP contribution in [0.25, 0.3) is 0 Å². The highest BCUT2D eigenvalue weighted by molar-refractivity contribution is 5.83. The van der Waals surface area contributed by atoms with Crippen molar-refractivity contribution in [3.05, 3.63) is 17.1 Å². The summed E-state index contributed by atoms with van der Waals surface area (Å²) in [4.78, 5) is 18.0. The number of carboxylic acid groups (broad SMARTS) is 1. The molecule has 0 saturated heterocycles. The Balaban J connectivity index is 2.55. The van der Waals surface area contributed by atoms with E-state index in [2.05, 4.69) is 9.97 Å². The summed E-state index contributed by atoms with van der Waals surface area (Å²) in [5.41, 5.74) is 6.79. The summed E-state index contributed by atoms with van der Waals surface area (Å²) in [5.74, 6) is -1.26. The predicted octanol–water partition coefficient (Wildman–Crippen LogP) is -0.213. The Morgan fingerprint density at radius 1 is 1.46 bits per heavy atom. The molecule has 1 aliphatic rings. The highest BCUT2D eigenvalue weighted by Gasteiger charge is 2.20. The third-order valence-electron chi connectivity index (χ3n) is 1.80. The molecular formula is C7H7N3O3. The van der Waals surface area contributed by atoms with E-state index in [1.54, 1.807) is 0 Å². The van der Waals surface area contributed by atoms with Crippen molar-refractivity contribution < 1.29 is 14.6 Å². The van der Waals surface area contributed by atoms with Crippen molar-refractivity contribution in [1.82, 2.24) is 9.97 Å². The van der Waals surface area contributed by atoms with Gasteiger partial charge in [-0.05, 0) is 0 Å². The summed E-state index contributed by atoms with van der Waals surface area (Å²) < 4.78 is 5.06. The maximum absolute atomic E-state index is 10.5. The molecule has 0 amide bonds. The Labute approximate surface area is 73.4 Å². The molecule has 1 aromatic rings. The highest BCUT2D eigenvalue weighted by atomic mass is 16.5. The lowest BCUT2D eigenvalue weighted by molar-refractivity contribution is 0.0683. The van der Waals surface area contributed by atoms with Gasteiger partial charge in [-0.3, -0.25) is 0 Å². The van der Waals surface area contributed by atoms with Crippen LogP contribution in [0.5, 0.6) is 0 Å². The van der Waals surface area contributed by atoms with Crippen LogP contribution in [0.3, 0.4) is 0 Å². The molecule has 6 nitrogen and oxygen atoms in total. The zero-order chi connectivity index (χ0) is 9.42. The normalized spacial score (nSPS) is 14.2. The molecule has 68 valence electrons. The fraction of sp³-hybridized carbons (Fsp3) is 0.286. The van der Waals surface area contributed by atoms with Crippen LogP contribution in [0.15, 0.2) is 0 Å². The van der Waals surface area contributed by atoms with E-state index in [0.29, 0.717) is 24.5 Å². The average Bonchev–Trinajstić information content (AvgIpc) is 2.51. The van der Waals surface area contributed by atoms with Crippen molar-refractivity contribution in [2.75, 3.05) is 5.73 Å². The lowest BCUT2D eigenvalue weighted by Gasteiger charge is -2.01. The molecule has 0 bridgehead atoms. The number of ether oxygens (including phenoxy) is 1. The number of hydrogen-bond donors (Lipinski definition) is 2. The quantitative estimate of drug-likeness (QED) is 0.621. The third kappa shape index (κ3) is 1.20. The molecule has 0 radical (unpaired) electrons. The van der Waals surface area contributed by atoms with E-state index in [-0.39, 0.29) is 11.6 Å². The van der Waals surface area contributed by atoms with E-state index in [1.165, 1.54) is 0 Å². The minimum absolute atomic E-state index is 0.194. The second-order valence-electron chi connectivity index (χ2n) is 2.66. The molecule has 0 saturated carbocycles. The van der Waals surface area contributed by atoms with Crippen LogP contribution in [0.1, 0.15) is 21.9 Å². The number of nitrogens with zero attached hydrogens (tertiary/aromatic N) is 2. The van der Waals surface area contributed by atoms with Gasteiger partial charge in [-0.15, -0.1) is 0 Å². The Kier molecular flexibility index (Phi) is 1.63. The van der Waals surface area contributed by atoms with E-state index < -0.39 is 5.97 Å². The number of rotatable bonds is 1. The summed E-state index contributed by atoms with van der Waals surface area (Å²) in [6.07, 6.45) is 0. The maximum atomic E-state index is 10.5. The first-order valence-electron chi connectivity index (χ1n) is 3.65. The van der Waals surface area contributed by atoms with Crippen LogP contribution in [-0.4, -0.2) is 21.0 Å². The van der Waals surface area contributed by atoms with Crippen LogP contribution in [0.2, 0.25) is 0 Å². The molecule has 0 aromatic carbocycles. The van der Waals surface area contributed by atoms with Gasteiger partial charge in [-0.1, -0.05) is 0 Å². The number of fused-ring (bicyclic) bond motifs is 1. The molecule has 13 heavy (non-hydrogen) atoms. The SMILES string of the molecule is Nc1nc(C(=O)O)nc2c1COC2. The molecule has 6 heteroatoms. The molecule has 3 N–H and O–H groups in total. The average molecular weight is 181 g/mol. The van der Waals surface area contributed by atoms with Crippen molar-refractivity contribution in [3.63, 3.8) is 0 Å². The number of carbonyl (C=O) groups is 1. The molecule has 2 rings (SSSR count). The monoisotopic (exact) mass is 181 g/mol. The smallest absolute Gasteiger partial charge is 0.374 e. The van der Waals surface area contributed by atoms with Gasteiger partial charge in [-0.25, -0.2) is 14.8 Å². The Hall–Kier alpha value is -1.69. The van der Waals surface area contributed by atoms with Gasteiger partial charge in [-0.2, -0.15) is 0 Å². The van der Waals surface area contributed by atoms with E-state index in [9.17, 15) is 4.79 Å². The second kappa shape index (κ2) is 2.67. The summed E-state index contributed by atoms with van der Waals surface area (Å²) in [6, 6.07) is 0. The van der Waals surface area contributed by atoms with Gasteiger partial charge in [0.1, 0.15) is 5.82 Å². The van der Waals surface area contributed by atoms with E-state index in [1.807, 2.05) is 0 Å². The van der Waals surface area contributed by atoms with Crippen LogP contribution < -0.4 is 5.73 Å². The van der Waals surface area contributed by atoms with Gasteiger partial charge in [0.05, 0.1) is 18.9 Å². The van der Waals surface area contributed by atoms with Gasteiger partial charge < -0.3 is 15.6 Å². The lowest BCUT2D eigenvalue weighted by atomic mass is 10.2. The van der Waals surface area contributed by atoms with E-state index in [4.69, 9.17) is 15.6 Å². The lowest BCUT2D eigenvalue weighted by Crippen LogP contribution is -2.10. The van der Waals surface area contributed by atoms with Gasteiger partial charge >= 0.3 is 5.97 Å². The van der Waals surface area contributed by atoms with Crippen molar-refractivity contribution >= 4 is 11.8 Å². The van der Waals surface area contributed by atoms with Crippen molar-refractivity contribution in [2.45, 2.75) is 13.2 Å². The number of anilines is 1. The van der Waals surface area contributed by atoms with Crippen LogP contribution in [0.4, 0.5) is 5.82 Å². The molecule has 0 unspecified atom stereocenters. The minimum Gasteiger partial charge on any atom is -0.475 e. The van der Waals surface area contributed by atoms with Crippen LogP contribution >= 0.6 is 0 Å². The number of hydrogen-bond acceptors (Lipinski definition) is 5. The van der Waals surface area contributed by atoms with E-state index in [0.717, 1.165) is 0 Å². The number of aromatic nitrogens is 2. The van der Waals surface area contributed by atoms with Crippen LogP contribution in [0, 0.1) is 0 Å². The number of nitrogens with two attached hydrogens (primary N) is 1. The highest BCUT2D eigenvalue weighted by Crippen LogP contribution is 2.21. The van der Waals surface area contributed by atoms with Gasteiger partial charge in [0.25, 0.3) is 0 Å². The number of nitrogen functional groups attached to an aromatic ring is 1. The number of carboxylic acids is 1. The second-order valence-corrected chi connectivity index (χ2v) is 2.66. The molecule has 0 fully saturated rings. The third-order valence-corrected chi connectivity index (χ3v) is 1.80. The Morgan fingerprint density at radius 2 is 2.23 bits per heavy atom. The standard InChI is InChI=1S/C7H7N3O3/c8-5-3-1-13-2-4(3)9-6(10-5)7(11)12/h1-2H2,(H,11,12)(H2,8,9,10). The zero-order valence-corrected chi connectivity index (χ0v) is 6.65. The fourth-order valence-corrected chi connectivity index (χ4v) is 1.17. The van der Waals surface area contributed by atoms with Gasteiger partial charge in [0.2, 0.25) is 5.82 Å². The summed E-state index contributed by atoms with van der Waals surface area (Å²) in [5, 5.41) is 8.62. The topological polar surface area (TPSA) is 98.3 Å². The van der Waals surface area contributed by atoms with Gasteiger partial charge in [0.15, 0.2) is 0 Å². The predicted molar refractivity (Wildman–Crippen MR) is 41.9 cm³/mol. The van der Waals surface area contributed by atoms with Gasteiger partial charge in [0, 0.05) is 5.56 Å². The van der Waals surface area contributed by atoms with Crippen LogP contribution in [-0.2, 0) is 18.0 Å². The first-order chi connectivity index (χ1) is 6.18.